The molecule has 1 fully saturated rings. The monoisotopic (exact) mass is 429 g/mol. The van der Waals surface area contributed by atoms with Crippen LogP contribution in [0.1, 0.15) is 30.0 Å². The van der Waals surface area contributed by atoms with E-state index in [-0.39, 0.29) is 11.5 Å². The third kappa shape index (κ3) is 4.80. The van der Waals surface area contributed by atoms with E-state index >= 15 is 0 Å². The first kappa shape index (κ1) is 21.4. The third-order valence-electron chi connectivity index (χ3n) is 4.05. The van der Waals surface area contributed by atoms with Crippen LogP contribution in [-0.4, -0.2) is 47.7 Å². The third-order valence-corrected chi connectivity index (χ3v) is 4.95. The summed E-state index contributed by atoms with van der Waals surface area (Å²) < 4.78 is 15.5. The molecular formula is C21H19NO7S. The summed E-state index contributed by atoms with van der Waals surface area (Å²) >= 11 is 0.731. The van der Waals surface area contributed by atoms with Gasteiger partial charge in [0, 0.05) is 11.6 Å². The summed E-state index contributed by atoms with van der Waals surface area (Å²) in [5.74, 6) is -0.714. The fourth-order valence-electron chi connectivity index (χ4n) is 2.67. The fraction of sp³-hybridized carbons (Fsp3) is 0.238. The quantitative estimate of drug-likeness (QED) is 0.485. The Morgan fingerprint density at radius 2 is 1.73 bits per heavy atom. The Bertz CT molecular complexity index is 1010. The normalized spacial score (nSPS) is 15.0. The van der Waals surface area contributed by atoms with E-state index in [0.29, 0.717) is 23.7 Å². The molecule has 0 N–H and O–H groups in total. The molecule has 0 atom stereocenters. The van der Waals surface area contributed by atoms with Crippen molar-refractivity contribution in [3.63, 3.8) is 0 Å². The van der Waals surface area contributed by atoms with Crippen LogP contribution in [0.2, 0.25) is 0 Å². The number of carbonyl (C=O) groups excluding carboxylic acids is 4. The van der Waals surface area contributed by atoms with E-state index in [4.69, 9.17) is 13.9 Å². The lowest BCUT2D eigenvalue weighted by molar-refractivity contribution is -0.145. The van der Waals surface area contributed by atoms with Crippen molar-refractivity contribution in [1.29, 1.82) is 0 Å². The Kier molecular flexibility index (Phi) is 6.73. The van der Waals surface area contributed by atoms with E-state index in [1.165, 1.54) is 6.08 Å². The van der Waals surface area contributed by atoms with Gasteiger partial charge < -0.3 is 13.9 Å². The number of furan rings is 1. The van der Waals surface area contributed by atoms with Crippen LogP contribution in [0.5, 0.6) is 0 Å². The Hall–Kier alpha value is -3.33. The molecule has 0 bridgehead atoms. The summed E-state index contributed by atoms with van der Waals surface area (Å²) in [4.78, 5) is 48.7. The highest BCUT2D eigenvalue weighted by molar-refractivity contribution is 8.18. The zero-order chi connectivity index (χ0) is 21.7. The minimum Gasteiger partial charge on any atom is -0.465 e. The molecule has 0 saturated carbocycles. The van der Waals surface area contributed by atoms with Gasteiger partial charge in [-0.3, -0.25) is 19.3 Å². The van der Waals surface area contributed by atoms with E-state index in [0.717, 1.165) is 22.2 Å². The van der Waals surface area contributed by atoms with Crippen molar-refractivity contribution < 1.29 is 33.1 Å². The van der Waals surface area contributed by atoms with Crippen LogP contribution < -0.4 is 0 Å². The molecule has 2 aromatic rings. The molecule has 156 valence electrons. The maximum absolute atomic E-state index is 12.4. The average Bonchev–Trinajstić information content (AvgIpc) is 3.29. The summed E-state index contributed by atoms with van der Waals surface area (Å²) in [7, 11) is 0. The van der Waals surface area contributed by atoms with Crippen molar-refractivity contribution in [1.82, 2.24) is 4.90 Å². The maximum Gasteiger partial charge on any atom is 0.338 e. The standard InChI is InChI=1S/C21H19NO7S/c1-3-27-18(23)12-22-19(24)17(30-21(22)26)11-15-9-10-16(29-15)13-5-7-14(8-6-13)20(25)28-4-2/h5-11H,3-4,12H2,1-2H3/b17-11-. The van der Waals surface area contributed by atoms with Gasteiger partial charge in [0.2, 0.25) is 0 Å². The number of thioether (sulfide) groups is 1. The number of nitrogens with zero attached hydrogens (tertiary/aromatic N) is 1. The Morgan fingerprint density at radius 1 is 1.03 bits per heavy atom. The number of imide groups is 1. The van der Waals surface area contributed by atoms with E-state index in [1.54, 1.807) is 50.2 Å². The second-order valence-corrected chi connectivity index (χ2v) is 7.07. The number of hydrogen-bond donors (Lipinski definition) is 0. The molecular weight excluding hydrogens is 410 g/mol. The van der Waals surface area contributed by atoms with Crippen LogP contribution in [-0.2, 0) is 19.1 Å². The molecule has 30 heavy (non-hydrogen) atoms. The van der Waals surface area contributed by atoms with Crippen LogP contribution >= 0.6 is 11.8 Å². The molecule has 0 aliphatic carbocycles. The molecule has 8 nitrogen and oxygen atoms in total. The smallest absolute Gasteiger partial charge is 0.338 e. The highest BCUT2D eigenvalue weighted by Crippen LogP contribution is 2.33. The molecule has 0 unspecified atom stereocenters. The van der Waals surface area contributed by atoms with E-state index in [1.807, 2.05) is 0 Å². The first-order valence-corrected chi connectivity index (χ1v) is 10.0. The molecule has 1 aromatic carbocycles. The fourth-order valence-corrected chi connectivity index (χ4v) is 3.49. The second-order valence-electron chi connectivity index (χ2n) is 6.07. The Balaban J connectivity index is 1.72. The van der Waals surface area contributed by atoms with Crippen molar-refractivity contribution in [3.8, 4) is 11.3 Å². The van der Waals surface area contributed by atoms with Gasteiger partial charge in [0.15, 0.2) is 0 Å². The summed E-state index contributed by atoms with van der Waals surface area (Å²) in [5.41, 5.74) is 1.17. The van der Waals surface area contributed by atoms with E-state index in [2.05, 4.69) is 0 Å². The Labute approximate surface area is 176 Å². The number of benzene rings is 1. The first-order valence-electron chi connectivity index (χ1n) is 9.21. The lowest BCUT2D eigenvalue weighted by Crippen LogP contribution is -2.34. The molecule has 1 aromatic heterocycles. The zero-order valence-corrected chi connectivity index (χ0v) is 17.2. The van der Waals surface area contributed by atoms with Crippen LogP contribution in [0.4, 0.5) is 4.79 Å². The largest absolute Gasteiger partial charge is 0.465 e. The van der Waals surface area contributed by atoms with E-state index < -0.39 is 29.6 Å². The van der Waals surface area contributed by atoms with Crippen molar-refractivity contribution in [2.75, 3.05) is 19.8 Å². The van der Waals surface area contributed by atoms with Crippen LogP contribution in [0, 0.1) is 0 Å². The van der Waals surface area contributed by atoms with Gasteiger partial charge in [-0.2, -0.15) is 0 Å². The molecule has 2 heterocycles. The Morgan fingerprint density at radius 3 is 2.40 bits per heavy atom. The summed E-state index contributed by atoms with van der Waals surface area (Å²) in [6, 6.07) is 10.1. The minimum atomic E-state index is -0.646. The van der Waals surface area contributed by atoms with Crippen LogP contribution in [0.3, 0.4) is 0 Å². The minimum absolute atomic E-state index is 0.155. The van der Waals surface area contributed by atoms with Crippen molar-refractivity contribution >= 4 is 40.9 Å². The molecule has 1 saturated heterocycles. The van der Waals surface area contributed by atoms with Gasteiger partial charge in [0.25, 0.3) is 11.1 Å². The predicted molar refractivity (Wildman–Crippen MR) is 109 cm³/mol. The lowest BCUT2D eigenvalue weighted by atomic mass is 10.1. The molecule has 2 amide bonds. The number of carbonyl (C=O) groups is 4. The van der Waals surface area contributed by atoms with Gasteiger partial charge in [0.1, 0.15) is 18.1 Å². The highest BCUT2D eigenvalue weighted by Gasteiger charge is 2.36. The zero-order valence-electron chi connectivity index (χ0n) is 16.4. The van der Waals surface area contributed by atoms with Gasteiger partial charge in [0.05, 0.1) is 23.7 Å². The van der Waals surface area contributed by atoms with Crippen molar-refractivity contribution in [2.24, 2.45) is 0 Å². The summed E-state index contributed by atoms with van der Waals surface area (Å²) in [5, 5.41) is -0.541. The van der Waals surface area contributed by atoms with E-state index in [9.17, 15) is 19.2 Å². The molecule has 0 spiro atoms. The number of ether oxygens (including phenoxy) is 2. The summed E-state index contributed by atoms with van der Waals surface area (Å²) in [6.45, 7) is 3.42. The highest BCUT2D eigenvalue weighted by atomic mass is 32.2. The van der Waals surface area contributed by atoms with Gasteiger partial charge in [-0.1, -0.05) is 12.1 Å². The topological polar surface area (TPSA) is 103 Å². The summed E-state index contributed by atoms with van der Waals surface area (Å²) in [6.07, 6.45) is 1.45. The van der Waals surface area contributed by atoms with Crippen LogP contribution in [0.15, 0.2) is 45.7 Å². The van der Waals surface area contributed by atoms with Gasteiger partial charge >= 0.3 is 11.9 Å². The van der Waals surface area contributed by atoms with Crippen molar-refractivity contribution in [3.05, 3.63) is 52.6 Å². The van der Waals surface area contributed by atoms with Gasteiger partial charge in [-0.15, -0.1) is 0 Å². The number of amides is 2. The van der Waals surface area contributed by atoms with Gasteiger partial charge in [-0.05, 0) is 49.9 Å². The number of hydrogen-bond acceptors (Lipinski definition) is 8. The molecule has 1 aliphatic rings. The second kappa shape index (κ2) is 9.45. The van der Waals surface area contributed by atoms with Crippen LogP contribution in [0.25, 0.3) is 17.4 Å². The maximum atomic E-state index is 12.4. The lowest BCUT2D eigenvalue weighted by Gasteiger charge is -2.10. The van der Waals surface area contributed by atoms with Crippen molar-refractivity contribution in [2.45, 2.75) is 13.8 Å². The number of rotatable bonds is 7. The molecule has 3 rings (SSSR count). The van der Waals surface area contributed by atoms with Gasteiger partial charge in [-0.25, -0.2) is 4.79 Å². The molecule has 9 heteroatoms. The number of esters is 2. The average molecular weight is 429 g/mol. The molecule has 0 radical (unpaired) electrons. The molecule has 1 aliphatic heterocycles. The SMILES string of the molecule is CCOC(=O)CN1C(=O)S/C(=C\c2ccc(-c3ccc(C(=O)OCC)cc3)o2)C1=O. The predicted octanol–water partition coefficient (Wildman–Crippen LogP) is 3.72. The first-order chi connectivity index (χ1) is 14.4.